The molecule has 2 aromatic heterocycles. The van der Waals surface area contributed by atoms with E-state index in [1.54, 1.807) is 0 Å². The van der Waals surface area contributed by atoms with Crippen LogP contribution in [0.4, 0.5) is 0 Å². The van der Waals surface area contributed by atoms with Crippen LogP contribution in [0.25, 0.3) is 0 Å². The van der Waals surface area contributed by atoms with Crippen LogP contribution in [-0.2, 0) is 19.5 Å². The second-order valence-electron chi connectivity index (χ2n) is 6.70. The summed E-state index contributed by atoms with van der Waals surface area (Å²) in [4.78, 5) is 7.35. The lowest BCUT2D eigenvalue weighted by atomic mass is 9.98. The first kappa shape index (κ1) is 17.6. The van der Waals surface area contributed by atoms with Crippen LogP contribution in [0.15, 0.2) is 5.38 Å². The van der Waals surface area contributed by atoms with E-state index in [-0.39, 0.29) is 6.61 Å². The summed E-state index contributed by atoms with van der Waals surface area (Å²) in [5.41, 5.74) is 4.82. The molecule has 1 aliphatic heterocycles. The molecule has 0 amide bonds. The fourth-order valence-electron chi connectivity index (χ4n) is 3.57. The summed E-state index contributed by atoms with van der Waals surface area (Å²) in [6, 6.07) is 0. The van der Waals surface area contributed by atoms with Crippen molar-refractivity contribution in [1.29, 1.82) is 0 Å². The van der Waals surface area contributed by atoms with E-state index in [4.69, 9.17) is 4.98 Å². The number of aliphatic hydroxyl groups excluding tert-OH is 1. The number of hydrogen-bond donors (Lipinski definition) is 1. The van der Waals surface area contributed by atoms with Gasteiger partial charge in [0.05, 0.1) is 29.5 Å². The largest absolute Gasteiger partial charge is 0.394 e. The SMILES string of the molecule is CCc1csc(C2CCCN(Cc3c(C)nn(CCO)c3C)C2)n1. The molecule has 3 heterocycles. The van der Waals surface area contributed by atoms with Crippen molar-refractivity contribution in [3.63, 3.8) is 0 Å². The Bertz CT molecular complexity index is 679. The van der Waals surface area contributed by atoms with Crippen molar-refractivity contribution in [2.24, 2.45) is 0 Å². The van der Waals surface area contributed by atoms with Gasteiger partial charge in [0.1, 0.15) is 0 Å². The number of piperidine rings is 1. The third-order valence-electron chi connectivity index (χ3n) is 5.01. The van der Waals surface area contributed by atoms with Crippen LogP contribution < -0.4 is 0 Å². The Morgan fingerprint density at radius 2 is 2.21 bits per heavy atom. The van der Waals surface area contributed by atoms with Crippen molar-refractivity contribution in [2.45, 2.75) is 59.0 Å². The molecule has 0 aliphatic carbocycles. The van der Waals surface area contributed by atoms with Gasteiger partial charge >= 0.3 is 0 Å². The summed E-state index contributed by atoms with van der Waals surface area (Å²) < 4.78 is 1.93. The van der Waals surface area contributed by atoms with Crippen LogP contribution in [0.1, 0.15) is 53.3 Å². The number of hydrogen-bond acceptors (Lipinski definition) is 5. The second kappa shape index (κ2) is 7.76. The van der Waals surface area contributed by atoms with Gasteiger partial charge in [-0.2, -0.15) is 5.10 Å². The Kier molecular flexibility index (Phi) is 5.69. The Hall–Kier alpha value is -1.24. The topological polar surface area (TPSA) is 54.2 Å². The number of aromatic nitrogens is 3. The van der Waals surface area contributed by atoms with Gasteiger partial charge in [-0.3, -0.25) is 9.58 Å². The predicted molar refractivity (Wildman–Crippen MR) is 97.5 cm³/mol. The highest BCUT2D eigenvalue weighted by Gasteiger charge is 2.25. The first-order chi connectivity index (χ1) is 11.6. The van der Waals surface area contributed by atoms with E-state index in [1.165, 1.54) is 34.8 Å². The smallest absolute Gasteiger partial charge is 0.0972 e. The lowest BCUT2D eigenvalue weighted by molar-refractivity contribution is 0.199. The minimum Gasteiger partial charge on any atom is -0.394 e. The van der Waals surface area contributed by atoms with Gasteiger partial charge < -0.3 is 5.11 Å². The molecular weight excluding hydrogens is 320 g/mol. The zero-order valence-corrected chi connectivity index (χ0v) is 15.8. The van der Waals surface area contributed by atoms with Gasteiger partial charge in [-0.25, -0.2) is 4.98 Å². The van der Waals surface area contributed by atoms with Gasteiger partial charge in [0.2, 0.25) is 0 Å². The van der Waals surface area contributed by atoms with Crippen LogP contribution in [-0.4, -0.2) is 44.5 Å². The molecule has 1 saturated heterocycles. The molecule has 6 heteroatoms. The monoisotopic (exact) mass is 348 g/mol. The van der Waals surface area contributed by atoms with Gasteiger partial charge in [0, 0.05) is 35.6 Å². The Morgan fingerprint density at radius 1 is 1.38 bits per heavy atom. The summed E-state index contributed by atoms with van der Waals surface area (Å²) in [5, 5.41) is 17.3. The minimum absolute atomic E-state index is 0.136. The quantitative estimate of drug-likeness (QED) is 0.872. The number of rotatable bonds is 6. The fraction of sp³-hybridized carbons (Fsp3) is 0.667. The zero-order valence-electron chi connectivity index (χ0n) is 15.0. The van der Waals surface area contributed by atoms with Crippen molar-refractivity contribution in [3.05, 3.63) is 33.0 Å². The van der Waals surface area contributed by atoms with E-state index in [0.29, 0.717) is 12.5 Å². The molecule has 1 N–H and O–H groups in total. The van der Waals surface area contributed by atoms with E-state index in [2.05, 4.69) is 36.1 Å². The molecule has 24 heavy (non-hydrogen) atoms. The third kappa shape index (κ3) is 3.71. The third-order valence-corrected chi connectivity index (χ3v) is 6.07. The highest BCUT2D eigenvalue weighted by Crippen LogP contribution is 2.30. The number of aliphatic hydroxyl groups is 1. The zero-order chi connectivity index (χ0) is 17.1. The molecule has 3 rings (SSSR count). The van der Waals surface area contributed by atoms with Crippen LogP contribution in [0.3, 0.4) is 0 Å². The number of aryl methyl sites for hydroxylation is 2. The summed E-state index contributed by atoms with van der Waals surface area (Å²) in [7, 11) is 0. The molecule has 1 fully saturated rings. The number of nitrogens with zero attached hydrogens (tertiary/aromatic N) is 4. The number of likely N-dealkylation sites (tertiary alicyclic amines) is 1. The maximum Gasteiger partial charge on any atom is 0.0972 e. The molecule has 1 aliphatic rings. The van der Waals surface area contributed by atoms with Crippen LogP contribution >= 0.6 is 11.3 Å². The normalized spacial score (nSPS) is 19.1. The van der Waals surface area contributed by atoms with Crippen LogP contribution in [0, 0.1) is 13.8 Å². The molecule has 0 saturated carbocycles. The molecular formula is C18H28N4OS. The predicted octanol–water partition coefficient (Wildman–Crippen LogP) is 2.89. The molecule has 1 atom stereocenters. The van der Waals surface area contributed by atoms with E-state index in [1.807, 2.05) is 16.0 Å². The van der Waals surface area contributed by atoms with Gasteiger partial charge in [-0.05, 0) is 39.7 Å². The summed E-state index contributed by atoms with van der Waals surface area (Å²) in [6.07, 6.45) is 3.50. The molecule has 0 aromatic carbocycles. The summed E-state index contributed by atoms with van der Waals surface area (Å²) >= 11 is 1.82. The molecule has 0 spiro atoms. The Morgan fingerprint density at radius 3 is 2.92 bits per heavy atom. The molecule has 132 valence electrons. The molecule has 0 bridgehead atoms. The maximum absolute atomic E-state index is 9.17. The standard InChI is InChI=1S/C18H28N4OS/c1-4-16-12-24-18(19-16)15-6-5-7-21(10-15)11-17-13(2)20-22(8-9-23)14(17)3/h12,15,23H,4-11H2,1-3H3. The summed E-state index contributed by atoms with van der Waals surface area (Å²) in [6.45, 7) is 10.2. The highest BCUT2D eigenvalue weighted by molar-refractivity contribution is 7.09. The summed E-state index contributed by atoms with van der Waals surface area (Å²) in [5.74, 6) is 0.567. The molecule has 5 nitrogen and oxygen atoms in total. The minimum atomic E-state index is 0.136. The van der Waals surface area contributed by atoms with Crippen LogP contribution in [0.2, 0.25) is 0 Å². The van der Waals surface area contributed by atoms with Crippen molar-refractivity contribution in [2.75, 3.05) is 19.7 Å². The molecule has 2 aromatic rings. The molecule has 0 radical (unpaired) electrons. The fourth-order valence-corrected chi connectivity index (χ4v) is 4.60. The number of thiazole rings is 1. The maximum atomic E-state index is 9.17. The first-order valence-corrected chi connectivity index (χ1v) is 9.80. The van der Waals surface area contributed by atoms with Gasteiger partial charge in [-0.1, -0.05) is 6.92 Å². The van der Waals surface area contributed by atoms with Gasteiger partial charge in [-0.15, -0.1) is 11.3 Å². The van der Waals surface area contributed by atoms with E-state index < -0.39 is 0 Å². The van der Waals surface area contributed by atoms with Gasteiger partial charge in [0.25, 0.3) is 0 Å². The highest BCUT2D eigenvalue weighted by atomic mass is 32.1. The van der Waals surface area contributed by atoms with Crippen molar-refractivity contribution in [1.82, 2.24) is 19.7 Å². The average molecular weight is 349 g/mol. The average Bonchev–Trinajstić information content (AvgIpc) is 3.16. The van der Waals surface area contributed by atoms with E-state index in [0.717, 1.165) is 31.7 Å². The Labute approximate surface area is 148 Å². The first-order valence-electron chi connectivity index (χ1n) is 8.92. The van der Waals surface area contributed by atoms with E-state index >= 15 is 0 Å². The lowest BCUT2D eigenvalue weighted by Gasteiger charge is -2.31. The van der Waals surface area contributed by atoms with E-state index in [9.17, 15) is 5.11 Å². The van der Waals surface area contributed by atoms with Crippen molar-refractivity contribution in [3.8, 4) is 0 Å². The van der Waals surface area contributed by atoms with Gasteiger partial charge in [0.15, 0.2) is 0 Å². The van der Waals surface area contributed by atoms with Crippen molar-refractivity contribution < 1.29 is 5.11 Å². The van der Waals surface area contributed by atoms with Crippen molar-refractivity contribution >= 4 is 11.3 Å². The van der Waals surface area contributed by atoms with Crippen LogP contribution in [0.5, 0.6) is 0 Å². The lowest BCUT2D eigenvalue weighted by Crippen LogP contribution is -2.34. The second-order valence-corrected chi connectivity index (χ2v) is 7.59. The Balaban J connectivity index is 1.69. The molecule has 1 unspecified atom stereocenters.